The SMILES string of the molecule is Cc1cc(N)c(C(=O)NCC2(C)CCCC2)cn1. The zero-order valence-electron chi connectivity index (χ0n) is 11.1. The smallest absolute Gasteiger partial charge is 0.254 e. The molecule has 1 fully saturated rings. The minimum atomic E-state index is -0.117. The van der Waals surface area contributed by atoms with Gasteiger partial charge in [-0.1, -0.05) is 19.8 Å². The van der Waals surface area contributed by atoms with E-state index < -0.39 is 0 Å². The van der Waals surface area contributed by atoms with Crippen LogP contribution in [0.1, 0.15) is 48.7 Å². The van der Waals surface area contributed by atoms with E-state index in [-0.39, 0.29) is 11.3 Å². The Bertz CT molecular complexity index is 450. The number of hydrogen-bond acceptors (Lipinski definition) is 3. The Morgan fingerprint density at radius 1 is 1.50 bits per heavy atom. The molecule has 1 aliphatic carbocycles. The Labute approximate surface area is 108 Å². The first-order valence-corrected chi connectivity index (χ1v) is 6.50. The average molecular weight is 247 g/mol. The monoisotopic (exact) mass is 247 g/mol. The maximum absolute atomic E-state index is 12.0. The molecule has 1 amide bonds. The maximum Gasteiger partial charge on any atom is 0.254 e. The third kappa shape index (κ3) is 2.81. The highest BCUT2D eigenvalue weighted by Crippen LogP contribution is 2.36. The largest absolute Gasteiger partial charge is 0.398 e. The lowest BCUT2D eigenvalue weighted by Gasteiger charge is -2.23. The zero-order valence-corrected chi connectivity index (χ0v) is 11.1. The van der Waals surface area contributed by atoms with Crippen molar-refractivity contribution < 1.29 is 4.79 Å². The molecule has 1 aliphatic rings. The number of hydrogen-bond donors (Lipinski definition) is 2. The van der Waals surface area contributed by atoms with Crippen molar-refractivity contribution in [3.05, 3.63) is 23.5 Å². The lowest BCUT2D eigenvalue weighted by molar-refractivity contribution is 0.0935. The highest BCUT2D eigenvalue weighted by Gasteiger charge is 2.29. The fourth-order valence-corrected chi connectivity index (χ4v) is 2.56. The molecule has 0 unspecified atom stereocenters. The molecule has 1 heterocycles. The van der Waals surface area contributed by atoms with Gasteiger partial charge in [0.05, 0.1) is 5.56 Å². The fourth-order valence-electron chi connectivity index (χ4n) is 2.56. The van der Waals surface area contributed by atoms with Crippen LogP contribution in [0.3, 0.4) is 0 Å². The number of nitrogens with zero attached hydrogens (tertiary/aromatic N) is 1. The number of aromatic nitrogens is 1. The van der Waals surface area contributed by atoms with Gasteiger partial charge in [-0.25, -0.2) is 0 Å². The van der Waals surface area contributed by atoms with E-state index in [4.69, 9.17) is 5.73 Å². The van der Waals surface area contributed by atoms with Crippen LogP contribution >= 0.6 is 0 Å². The molecule has 4 nitrogen and oxygen atoms in total. The van der Waals surface area contributed by atoms with E-state index in [1.807, 2.05) is 6.92 Å². The molecule has 3 N–H and O–H groups in total. The number of carbonyl (C=O) groups excluding carboxylic acids is 1. The van der Waals surface area contributed by atoms with Gasteiger partial charge in [0.15, 0.2) is 0 Å². The van der Waals surface area contributed by atoms with Crippen LogP contribution in [0.5, 0.6) is 0 Å². The number of nitrogen functional groups attached to an aromatic ring is 1. The number of aryl methyl sites for hydroxylation is 1. The summed E-state index contributed by atoms with van der Waals surface area (Å²) >= 11 is 0. The number of anilines is 1. The van der Waals surface area contributed by atoms with Crippen molar-refractivity contribution in [1.29, 1.82) is 0 Å². The number of carbonyl (C=O) groups is 1. The van der Waals surface area contributed by atoms with Crippen LogP contribution in [0.15, 0.2) is 12.3 Å². The predicted octanol–water partition coefficient (Wildman–Crippen LogP) is 2.28. The molecule has 0 aromatic carbocycles. The molecule has 2 rings (SSSR count). The summed E-state index contributed by atoms with van der Waals surface area (Å²) in [4.78, 5) is 16.2. The fraction of sp³-hybridized carbons (Fsp3) is 0.571. The molecule has 0 saturated heterocycles. The summed E-state index contributed by atoms with van der Waals surface area (Å²) in [6.45, 7) is 4.81. The second-order valence-electron chi connectivity index (χ2n) is 5.61. The number of rotatable bonds is 3. The van der Waals surface area contributed by atoms with Gasteiger partial charge in [-0.15, -0.1) is 0 Å². The lowest BCUT2D eigenvalue weighted by Crippen LogP contribution is -2.34. The standard InChI is InChI=1S/C14H21N3O/c1-10-7-12(15)11(8-16-10)13(18)17-9-14(2)5-3-4-6-14/h7-8H,3-6,9H2,1-2H3,(H2,15,16)(H,17,18). The first kappa shape index (κ1) is 12.9. The minimum Gasteiger partial charge on any atom is -0.398 e. The third-order valence-electron chi connectivity index (χ3n) is 3.80. The van der Waals surface area contributed by atoms with Crippen molar-refractivity contribution >= 4 is 11.6 Å². The molecular weight excluding hydrogens is 226 g/mol. The molecule has 18 heavy (non-hydrogen) atoms. The van der Waals surface area contributed by atoms with Crippen LogP contribution < -0.4 is 11.1 Å². The summed E-state index contributed by atoms with van der Waals surface area (Å²) in [6.07, 6.45) is 6.46. The summed E-state index contributed by atoms with van der Waals surface area (Å²) < 4.78 is 0. The summed E-state index contributed by atoms with van der Waals surface area (Å²) in [6, 6.07) is 1.73. The first-order chi connectivity index (χ1) is 8.50. The number of amides is 1. The molecule has 1 aromatic rings. The summed E-state index contributed by atoms with van der Waals surface area (Å²) in [7, 11) is 0. The van der Waals surface area contributed by atoms with Crippen LogP contribution in [-0.2, 0) is 0 Å². The van der Waals surface area contributed by atoms with Crippen LogP contribution in [0, 0.1) is 12.3 Å². The molecule has 4 heteroatoms. The van der Waals surface area contributed by atoms with Crippen molar-refractivity contribution in [2.45, 2.75) is 39.5 Å². The van der Waals surface area contributed by atoms with Crippen LogP contribution in [0.2, 0.25) is 0 Å². The van der Waals surface area contributed by atoms with Crippen molar-refractivity contribution in [3.8, 4) is 0 Å². The predicted molar refractivity (Wildman–Crippen MR) is 72.3 cm³/mol. The number of nitrogens with two attached hydrogens (primary N) is 1. The molecule has 0 radical (unpaired) electrons. The van der Waals surface area contributed by atoms with Crippen LogP contribution in [0.4, 0.5) is 5.69 Å². The molecule has 0 bridgehead atoms. The Hall–Kier alpha value is -1.58. The van der Waals surface area contributed by atoms with E-state index in [0.717, 1.165) is 12.2 Å². The van der Waals surface area contributed by atoms with E-state index in [1.165, 1.54) is 25.7 Å². The Morgan fingerprint density at radius 2 is 2.17 bits per heavy atom. The van der Waals surface area contributed by atoms with Gasteiger partial charge >= 0.3 is 0 Å². The topological polar surface area (TPSA) is 68.0 Å². The molecule has 0 aliphatic heterocycles. The van der Waals surface area contributed by atoms with Crippen LogP contribution in [-0.4, -0.2) is 17.4 Å². The average Bonchev–Trinajstić information content (AvgIpc) is 2.74. The maximum atomic E-state index is 12.0. The molecular formula is C14H21N3O. The lowest BCUT2D eigenvalue weighted by atomic mass is 9.89. The van der Waals surface area contributed by atoms with Gasteiger partial charge in [0.1, 0.15) is 0 Å². The highest BCUT2D eigenvalue weighted by molar-refractivity contribution is 5.98. The molecule has 0 atom stereocenters. The van der Waals surface area contributed by atoms with Gasteiger partial charge in [0, 0.05) is 24.1 Å². The van der Waals surface area contributed by atoms with E-state index in [9.17, 15) is 4.79 Å². The van der Waals surface area contributed by atoms with Gasteiger partial charge in [-0.2, -0.15) is 0 Å². The second-order valence-corrected chi connectivity index (χ2v) is 5.61. The van der Waals surface area contributed by atoms with E-state index in [1.54, 1.807) is 12.3 Å². The second kappa shape index (κ2) is 4.96. The quantitative estimate of drug-likeness (QED) is 0.861. The minimum absolute atomic E-state index is 0.117. The third-order valence-corrected chi connectivity index (χ3v) is 3.80. The van der Waals surface area contributed by atoms with Crippen molar-refractivity contribution in [1.82, 2.24) is 10.3 Å². The van der Waals surface area contributed by atoms with Gasteiger partial charge in [-0.3, -0.25) is 9.78 Å². The van der Waals surface area contributed by atoms with Gasteiger partial charge in [0.25, 0.3) is 5.91 Å². The number of pyridine rings is 1. The molecule has 98 valence electrons. The van der Waals surface area contributed by atoms with Crippen molar-refractivity contribution in [3.63, 3.8) is 0 Å². The van der Waals surface area contributed by atoms with Gasteiger partial charge < -0.3 is 11.1 Å². The molecule has 0 spiro atoms. The van der Waals surface area contributed by atoms with Gasteiger partial charge in [0.2, 0.25) is 0 Å². The normalized spacial score (nSPS) is 17.7. The Kier molecular flexibility index (Phi) is 3.55. The molecule has 1 saturated carbocycles. The Morgan fingerprint density at radius 3 is 2.78 bits per heavy atom. The summed E-state index contributed by atoms with van der Waals surface area (Å²) in [5.74, 6) is -0.117. The first-order valence-electron chi connectivity index (χ1n) is 6.50. The van der Waals surface area contributed by atoms with E-state index in [2.05, 4.69) is 17.2 Å². The number of nitrogens with one attached hydrogen (secondary N) is 1. The Balaban J connectivity index is 1.99. The zero-order chi connectivity index (χ0) is 13.2. The van der Waals surface area contributed by atoms with E-state index in [0.29, 0.717) is 11.3 Å². The summed E-state index contributed by atoms with van der Waals surface area (Å²) in [5.41, 5.74) is 7.89. The van der Waals surface area contributed by atoms with Crippen molar-refractivity contribution in [2.24, 2.45) is 5.41 Å². The van der Waals surface area contributed by atoms with Crippen molar-refractivity contribution in [2.75, 3.05) is 12.3 Å². The van der Waals surface area contributed by atoms with Crippen LogP contribution in [0.25, 0.3) is 0 Å². The highest BCUT2D eigenvalue weighted by atomic mass is 16.1. The van der Waals surface area contributed by atoms with E-state index >= 15 is 0 Å². The van der Waals surface area contributed by atoms with Gasteiger partial charge in [-0.05, 0) is 31.2 Å². The summed E-state index contributed by atoms with van der Waals surface area (Å²) in [5, 5.41) is 2.98. The molecule has 1 aromatic heterocycles.